The predicted octanol–water partition coefficient (Wildman–Crippen LogP) is 3.89. The van der Waals surface area contributed by atoms with E-state index >= 15 is 0 Å². The number of benzene rings is 2. The molecule has 1 aliphatic rings. The zero-order chi connectivity index (χ0) is 17.9. The molecule has 0 atom stereocenters. The van der Waals surface area contributed by atoms with Gasteiger partial charge >= 0.3 is 0 Å². The first-order valence-corrected chi connectivity index (χ1v) is 8.41. The van der Waals surface area contributed by atoms with Gasteiger partial charge in [0.25, 0.3) is 5.91 Å². The third-order valence-corrected chi connectivity index (χ3v) is 4.38. The first kappa shape index (κ1) is 16.2. The average molecular weight is 346 g/mol. The summed E-state index contributed by atoms with van der Waals surface area (Å²) in [6.07, 6.45) is 3.89. The van der Waals surface area contributed by atoms with E-state index in [0.717, 1.165) is 33.8 Å². The van der Waals surface area contributed by atoms with E-state index in [1.54, 1.807) is 12.5 Å². The van der Waals surface area contributed by atoms with Crippen molar-refractivity contribution in [2.45, 2.75) is 6.42 Å². The van der Waals surface area contributed by atoms with Gasteiger partial charge in [-0.1, -0.05) is 30.3 Å². The summed E-state index contributed by atoms with van der Waals surface area (Å²) in [5.74, 6) is 0.610. The van der Waals surface area contributed by atoms with Crippen molar-refractivity contribution >= 4 is 22.9 Å². The largest absolute Gasteiger partial charge is 0.464 e. The Hall–Kier alpha value is -3.31. The number of carbonyl (C=O) groups is 1. The fourth-order valence-corrected chi connectivity index (χ4v) is 3.08. The standard InChI is InChI=1S/C21H18N2O3/c24-10-9-14-4-1-2-5-18(14)22-13-17-16-8-7-15(20-6-3-11-26-20)12-19(16)23-21(17)25/h1-8,11-13,22,24H,9-10H2,(H,23,25). The number of para-hydroxylation sites is 1. The highest BCUT2D eigenvalue weighted by Gasteiger charge is 2.24. The van der Waals surface area contributed by atoms with Crippen LogP contribution in [0.25, 0.3) is 16.9 Å². The first-order chi connectivity index (χ1) is 12.8. The van der Waals surface area contributed by atoms with Gasteiger partial charge in [0.05, 0.1) is 11.8 Å². The van der Waals surface area contributed by atoms with Crippen LogP contribution in [0.2, 0.25) is 0 Å². The van der Waals surface area contributed by atoms with Gasteiger partial charge in [0.1, 0.15) is 5.76 Å². The van der Waals surface area contributed by atoms with Crippen LogP contribution < -0.4 is 10.6 Å². The van der Waals surface area contributed by atoms with Gasteiger partial charge in [0, 0.05) is 35.3 Å². The fourth-order valence-electron chi connectivity index (χ4n) is 3.08. The molecule has 1 amide bonds. The van der Waals surface area contributed by atoms with Crippen molar-refractivity contribution in [1.29, 1.82) is 0 Å². The van der Waals surface area contributed by atoms with Crippen molar-refractivity contribution in [2.75, 3.05) is 17.2 Å². The average Bonchev–Trinajstić information content (AvgIpc) is 3.28. The molecule has 0 aliphatic carbocycles. The van der Waals surface area contributed by atoms with E-state index in [2.05, 4.69) is 10.6 Å². The van der Waals surface area contributed by atoms with Crippen LogP contribution in [0.15, 0.2) is 71.5 Å². The summed E-state index contributed by atoms with van der Waals surface area (Å²) in [6, 6.07) is 17.2. The number of nitrogens with one attached hydrogen (secondary N) is 2. The summed E-state index contributed by atoms with van der Waals surface area (Å²) in [5.41, 5.74) is 4.97. The van der Waals surface area contributed by atoms with Crippen molar-refractivity contribution < 1.29 is 14.3 Å². The van der Waals surface area contributed by atoms with E-state index in [0.29, 0.717) is 12.0 Å². The highest BCUT2D eigenvalue weighted by molar-refractivity contribution is 6.31. The minimum atomic E-state index is -0.149. The highest BCUT2D eigenvalue weighted by atomic mass is 16.3. The minimum Gasteiger partial charge on any atom is -0.464 e. The molecular formula is C21H18N2O3. The Kier molecular flexibility index (Phi) is 4.29. The topological polar surface area (TPSA) is 74.5 Å². The molecule has 0 spiro atoms. The van der Waals surface area contributed by atoms with Crippen molar-refractivity contribution in [1.82, 2.24) is 0 Å². The Morgan fingerprint density at radius 3 is 2.81 bits per heavy atom. The first-order valence-electron chi connectivity index (χ1n) is 8.41. The third-order valence-electron chi connectivity index (χ3n) is 4.38. The molecule has 4 rings (SSSR count). The van der Waals surface area contributed by atoms with Gasteiger partial charge in [0.2, 0.25) is 0 Å². The maximum absolute atomic E-state index is 12.4. The van der Waals surface area contributed by atoms with E-state index < -0.39 is 0 Å². The maximum Gasteiger partial charge on any atom is 0.257 e. The van der Waals surface area contributed by atoms with Gasteiger partial charge in [-0.25, -0.2) is 0 Å². The molecule has 130 valence electrons. The molecule has 0 saturated heterocycles. The molecule has 1 aromatic heterocycles. The third kappa shape index (κ3) is 3.00. The second kappa shape index (κ2) is 6.90. The summed E-state index contributed by atoms with van der Waals surface area (Å²) < 4.78 is 5.41. The molecule has 0 saturated carbocycles. The molecule has 3 aromatic rings. The molecule has 1 aliphatic heterocycles. The Labute approximate surface area is 151 Å². The van der Waals surface area contributed by atoms with Crippen LogP contribution in [-0.4, -0.2) is 17.6 Å². The number of rotatable bonds is 5. The number of aliphatic hydroxyl groups excluding tert-OH is 1. The molecule has 0 fully saturated rings. The number of anilines is 2. The summed E-state index contributed by atoms with van der Waals surface area (Å²) >= 11 is 0. The Balaban J connectivity index is 1.63. The molecule has 0 unspecified atom stereocenters. The van der Waals surface area contributed by atoms with Crippen molar-refractivity contribution in [3.63, 3.8) is 0 Å². The van der Waals surface area contributed by atoms with Gasteiger partial charge in [0.15, 0.2) is 0 Å². The van der Waals surface area contributed by atoms with Crippen LogP contribution in [0.3, 0.4) is 0 Å². The van der Waals surface area contributed by atoms with Crippen LogP contribution >= 0.6 is 0 Å². The van der Waals surface area contributed by atoms with Gasteiger partial charge in [-0.2, -0.15) is 0 Å². The molecule has 2 heterocycles. The Morgan fingerprint density at radius 1 is 1.12 bits per heavy atom. The van der Waals surface area contributed by atoms with Crippen LogP contribution in [0, 0.1) is 0 Å². The monoisotopic (exact) mass is 346 g/mol. The molecule has 5 nitrogen and oxygen atoms in total. The number of hydrogen-bond donors (Lipinski definition) is 3. The van der Waals surface area contributed by atoms with Gasteiger partial charge in [-0.15, -0.1) is 0 Å². The predicted molar refractivity (Wildman–Crippen MR) is 102 cm³/mol. The molecule has 0 bridgehead atoms. The highest BCUT2D eigenvalue weighted by Crippen LogP contribution is 2.35. The second-order valence-electron chi connectivity index (χ2n) is 6.02. The second-order valence-corrected chi connectivity index (χ2v) is 6.02. The summed E-state index contributed by atoms with van der Waals surface area (Å²) in [5, 5.41) is 15.3. The van der Waals surface area contributed by atoms with Crippen molar-refractivity contribution in [3.05, 3.63) is 78.2 Å². The molecule has 2 aromatic carbocycles. The van der Waals surface area contributed by atoms with E-state index in [4.69, 9.17) is 4.42 Å². The molecular weight excluding hydrogens is 328 g/mol. The molecule has 26 heavy (non-hydrogen) atoms. The molecule has 0 radical (unpaired) electrons. The lowest BCUT2D eigenvalue weighted by atomic mass is 10.0. The zero-order valence-corrected chi connectivity index (χ0v) is 14.0. The SMILES string of the molecule is O=C1Nc2cc(-c3ccco3)ccc2C1=CNc1ccccc1CCO. The van der Waals surface area contributed by atoms with Crippen molar-refractivity contribution in [2.24, 2.45) is 0 Å². The van der Waals surface area contributed by atoms with Gasteiger partial charge in [-0.3, -0.25) is 4.79 Å². The Morgan fingerprint density at radius 2 is 2.00 bits per heavy atom. The summed E-state index contributed by atoms with van der Waals surface area (Å²) in [7, 11) is 0. The minimum absolute atomic E-state index is 0.0775. The number of hydrogen-bond acceptors (Lipinski definition) is 4. The number of amides is 1. The smallest absolute Gasteiger partial charge is 0.257 e. The maximum atomic E-state index is 12.4. The van der Waals surface area contributed by atoms with Crippen molar-refractivity contribution in [3.8, 4) is 11.3 Å². The van der Waals surface area contributed by atoms with E-state index in [9.17, 15) is 9.90 Å². The van der Waals surface area contributed by atoms with Crippen LogP contribution in [0.5, 0.6) is 0 Å². The lowest BCUT2D eigenvalue weighted by molar-refractivity contribution is -0.110. The number of aliphatic hydroxyl groups is 1. The van der Waals surface area contributed by atoms with Crippen LogP contribution in [0.1, 0.15) is 11.1 Å². The Bertz CT molecular complexity index is 975. The normalized spacial score (nSPS) is 14.3. The van der Waals surface area contributed by atoms with E-state index in [1.807, 2.05) is 54.6 Å². The number of fused-ring (bicyclic) bond motifs is 1. The van der Waals surface area contributed by atoms with Crippen LogP contribution in [0.4, 0.5) is 11.4 Å². The molecule has 5 heteroatoms. The van der Waals surface area contributed by atoms with Gasteiger partial charge < -0.3 is 20.2 Å². The number of carbonyl (C=O) groups excluding carboxylic acids is 1. The fraction of sp³-hybridized carbons (Fsp3) is 0.0952. The molecule has 3 N–H and O–H groups in total. The van der Waals surface area contributed by atoms with Gasteiger partial charge in [-0.05, 0) is 36.2 Å². The van der Waals surface area contributed by atoms with E-state index in [-0.39, 0.29) is 12.5 Å². The number of furan rings is 1. The summed E-state index contributed by atoms with van der Waals surface area (Å²) in [4.78, 5) is 12.4. The van der Waals surface area contributed by atoms with Crippen LogP contribution in [-0.2, 0) is 11.2 Å². The lowest BCUT2D eigenvalue weighted by Gasteiger charge is -2.08. The summed E-state index contributed by atoms with van der Waals surface area (Å²) in [6.45, 7) is 0.0775. The zero-order valence-electron chi connectivity index (χ0n) is 14.0. The lowest BCUT2D eigenvalue weighted by Crippen LogP contribution is -2.06. The van der Waals surface area contributed by atoms with E-state index in [1.165, 1.54) is 0 Å². The quantitative estimate of drug-likeness (QED) is 0.613.